The Labute approximate surface area is 188 Å². The van der Waals surface area contributed by atoms with Crippen molar-refractivity contribution in [1.82, 2.24) is 15.2 Å². The van der Waals surface area contributed by atoms with E-state index in [0.29, 0.717) is 5.69 Å². The van der Waals surface area contributed by atoms with Crippen LogP contribution in [0, 0.1) is 5.41 Å². The van der Waals surface area contributed by atoms with E-state index in [4.69, 9.17) is 9.83 Å². The van der Waals surface area contributed by atoms with Gasteiger partial charge in [0.05, 0.1) is 35.7 Å². The lowest BCUT2D eigenvalue weighted by Gasteiger charge is -2.45. The first-order valence-electron chi connectivity index (χ1n) is 10.2. The summed E-state index contributed by atoms with van der Waals surface area (Å²) in [6.45, 7) is 1.84. The quantitative estimate of drug-likeness (QED) is 0.439. The molecule has 3 aromatic heterocycles. The molecule has 0 bridgehead atoms. The molecule has 32 heavy (non-hydrogen) atoms. The average molecular weight is 447 g/mol. The van der Waals surface area contributed by atoms with Gasteiger partial charge >= 0.3 is 0 Å². The smallest absolute Gasteiger partial charge is 0.239 e. The third kappa shape index (κ3) is 3.19. The minimum absolute atomic E-state index is 0.0634. The maximum atomic E-state index is 13.4. The molecule has 1 fully saturated rings. The third-order valence-electron chi connectivity index (χ3n) is 6.05. The Morgan fingerprint density at radius 2 is 2.12 bits per heavy atom. The van der Waals surface area contributed by atoms with Gasteiger partial charge < -0.3 is 14.8 Å². The van der Waals surface area contributed by atoms with Crippen LogP contribution in [0.1, 0.15) is 29.0 Å². The first-order chi connectivity index (χ1) is 15.4. The van der Waals surface area contributed by atoms with Gasteiger partial charge in [-0.25, -0.2) is 0 Å². The summed E-state index contributed by atoms with van der Waals surface area (Å²) >= 11 is 1.52. The molecule has 4 aromatic rings. The summed E-state index contributed by atoms with van der Waals surface area (Å²) in [4.78, 5) is 20.2. The zero-order valence-electron chi connectivity index (χ0n) is 17.6. The van der Waals surface area contributed by atoms with E-state index in [-0.39, 0.29) is 18.5 Å². The van der Waals surface area contributed by atoms with Gasteiger partial charge in [0.2, 0.25) is 5.91 Å². The number of benzene rings is 1. The minimum atomic E-state index is -0.824. The molecule has 5 rings (SSSR count). The van der Waals surface area contributed by atoms with Crippen LogP contribution in [0.2, 0.25) is 0 Å². The van der Waals surface area contributed by atoms with Crippen molar-refractivity contribution in [3.63, 3.8) is 0 Å². The normalized spacial score (nSPS) is 21.2. The molecule has 0 saturated carbocycles. The molecule has 2 atom stereocenters. The number of hydrogen-bond acceptors (Lipinski definition) is 6. The van der Waals surface area contributed by atoms with E-state index in [2.05, 4.69) is 10.3 Å². The molecule has 0 radical (unpaired) electrons. The number of aliphatic hydroxyl groups is 1. The summed E-state index contributed by atoms with van der Waals surface area (Å²) in [5.41, 5.74) is 3.06. The van der Waals surface area contributed by atoms with Gasteiger partial charge in [0.1, 0.15) is 5.58 Å². The van der Waals surface area contributed by atoms with Crippen LogP contribution in [-0.4, -0.2) is 33.9 Å². The Balaban J connectivity index is 1.61. The highest BCUT2D eigenvalue weighted by atomic mass is 32.1. The molecule has 4 heterocycles. The number of pyridine rings is 1. The minimum Gasteiger partial charge on any atom is -0.464 e. The monoisotopic (exact) mass is 446 g/mol. The number of carbonyl (C=O) groups is 1. The number of aliphatic hydroxyl groups excluding tert-OH is 1. The largest absolute Gasteiger partial charge is 0.464 e. The van der Waals surface area contributed by atoms with Crippen molar-refractivity contribution in [1.29, 1.82) is 5.41 Å². The molecule has 1 aliphatic rings. The van der Waals surface area contributed by atoms with E-state index < -0.39 is 11.5 Å². The predicted molar refractivity (Wildman–Crippen MR) is 123 cm³/mol. The van der Waals surface area contributed by atoms with Gasteiger partial charge in [-0.3, -0.25) is 20.1 Å². The van der Waals surface area contributed by atoms with Gasteiger partial charge in [-0.2, -0.15) is 0 Å². The van der Waals surface area contributed by atoms with Gasteiger partial charge in [0.15, 0.2) is 5.96 Å². The van der Waals surface area contributed by atoms with Crippen molar-refractivity contribution in [2.75, 3.05) is 7.05 Å². The van der Waals surface area contributed by atoms with E-state index in [1.165, 1.54) is 16.2 Å². The van der Waals surface area contributed by atoms with Crippen molar-refractivity contribution < 1.29 is 14.3 Å². The third-order valence-corrected chi connectivity index (χ3v) is 7.22. The van der Waals surface area contributed by atoms with Gasteiger partial charge in [0, 0.05) is 28.3 Å². The summed E-state index contributed by atoms with van der Waals surface area (Å²) in [6, 6.07) is 15.2. The fourth-order valence-electron chi connectivity index (χ4n) is 4.27. The highest BCUT2D eigenvalue weighted by Gasteiger charge is 2.49. The molecular formula is C24H22N4O3S. The standard InChI is InChI=1S/C24H22N4O3S/c1-24(20-11-16(13-32-20)18-5-3-4-17(12-29)26-18)21(22(30)28(2)23(25)27-24)15-6-7-19-14(10-15)8-9-31-19/h3-11,13,21,29H,12H2,1-2H3,(H2,25,27)/t21?,24-/m1/s1. The maximum Gasteiger partial charge on any atom is 0.239 e. The molecule has 1 aliphatic heterocycles. The fourth-order valence-corrected chi connectivity index (χ4v) is 5.32. The van der Waals surface area contributed by atoms with E-state index >= 15 is 0 Å². The lowest BCUT2D eigenvalue weighted by atomic mass is 9.76. The predicted octanol–water partition coefficient (Wildman–Crippen LogP) is 4.04. The van der Waals surface area contributed by atoms with Crippen LogP contribution in [0.15, 0.2) is 64.6 Å². The van der Waals surface area contributed by atoms with Crippen molar-refractivity contribution in [3.8, 4) is 11.3 Å². The summed E-state index contributed by atoms with van der Waals surface area (Å²) in [6.07, 6.45) is 1.63. The van der Waals surface area contributed by atoms with Crippen LogP contribution >= 0.6 is 11.3 Å². The molecule has 162 valence electrons. The molecule has 0 spiro atoms. The number of aromatic nitrogens is 1. The zero-order chi connectivity index (χ0) is 22.5. The number of fused-ring (bicyclic) bond motifs is 1. The molecule has 1 amide bonds. The summed E-state index contributed by atoms with van der Waals surface area (Å²) in [5.74, 6) is -0.618. The highest BCUT2D eigenvalue weighted by Crippen LogP contribution is 2.44. The van der Waals surface area contributed by atoms with Crippen LogP contribution < -0.4 is 5.32 Å². The van der Waals surface area contributed by atoms with E-state index in [1.54, 1.807) is 19.4 Å². The van der Waals surface area contributed by atoms with E-state index in [9.17, 15) is 9.90 Å². The molecule has 7 nitrogen and oxygen atoms in total. The molecule has 1 saturated heterocycles. The fraction of sp³-hybridized carbons (Fsp3) is 0.208. The molecule has 8 heteroatoms. The van der Waals surface area contributed by atoms with Crippen molar-refractivity contribution in [2.45, 2.75) is 25.0 Å². The SMILES string of the molecule is CN1C(=N)N[C@](C)(c2cc(-c3cccc(CO)n3)cs2)C(c2ccc3occc3c2)C1=O. The topological polar surface area (TPSA) is 102 Å². The number of carbonyl (C=O) groups excluding carboxylic acids is 1. The van der Waals surface area contributed by atoms with Gasteiger partial charge in [-0.15, -0.1) is 11.3 Å². The Bertz CT molecular complexity index is 1340. The van der Waals surface area contributed by atoms with Crippen molar-refractivity contribution >= 4 is 34.2 Å². The Morgan fingerprint density at radius 3 is 2.94 bits per heavy atom. The lowest BCUT2D eigenvalue weighted by molar-refractivity contribution is -0.131. The number of furan rings is 1. The number of rotatable bonds is 4. The first-order valence-corrected chi connectivity index (χ1v) is 11.1. The van der Waals surface area contributed by atoms with Gasteiger partial charge in [0.25, 0.3) is 0 Å². The van der Waals surface area contributed by atoms with Crippen LogP contribution in [0.5, 0.6) is 0 Å². The Morgan fingerprint density at radius 1 is 1.28 bits per heavy atom. The number of thiophene rings is 1. The lowest BCUT2D eigenvalue weighted by Crippen LogP contribution is -2.62. The second kappa shape index (κ2) is 7.58. The van der Waals surface area contributed by atoms with Crippen LogP contribution in [-0.2, 0) is 16.9 Å². The molecule has 0 aliphatic carbocycles. The van der Waals surface area contributed by atoms with Crippen LogP contribution in [0.4, 0.5) is 0 Å². The molecular weight excluding hydrogens is 424 g/mol. The second-order valence-corrected chi connectivity index (χ2v) is 9.01. The summed E-state index contributed by atoms with van der Waals surface area (Å²) in [5, 5.41) is 24.0. The number of nitrogens with zero attached hydrogens (tertiary/aromatic N) is 2. The molecule has 3 N–H and O–H groups in total. The van der Waals surface area contributed by atoms with Crippen LogP contribution in [0.3, 0.4) is 0 Å². The number of guanidine groups is 1. The Kier molecular flexibility index (Phi) is 4.83. The van der Waals surface area contributed by atoms with Gasteiger partial charge in [-0.1, -0.05) is 12.1 Å². The second-order valence-electron chi connectivity index (χ2n) is 8.10. The number of amides is 1. The van der Waals surface area contributed by atoms with Crippen molar-refractivity contribution in [3.05, 3.63) is 76.3 Å². The average Bonchev–Trinajstić information content (AvgIpc) is 3.47. The number of nitrogens with one attached hydrogen (secondary N) is 2. The number of likely N-dealkylation sites (N-methyl/N-ethyl adjacent to an activating group) is 1. The van der Waals surface area contributed by atoms with Crippen LogP contribution in [0.25, 0.3) is 22.2 Å². The summed E-state index contributed by atoms with van der Waals surface area (Å²) < 4.78 is 5.47. The number of hydrogen-bond donors (Lipinski definition) is 3. The molecule has 1 aromatic carbocycles. The zero-order valence-corrected chi connectivity index (χ0v) is 18.4. The van der Waals surface area contributed by atoms with Gasteiger partial charge in [-0.05, 0) is 48.9 Å². The molecule has 1 unspecified atom stereocenters. The first kappa shape index (κ1) is 20.4. The van der Waals surface area contributed by atoms with E-state index in [0.717, 1.165) is 32.7 Å². The van der Waals surface area contributed by atoms with Crippen molar-refractivity contribution in [2.24, 2.45) is 0 Å². The Hall–Kier alpha value is -3.49. The maximum absolute atomic E-state index is 13.4. The van der Waals surface area contributed by atoms with E-state index in [1.807, 2.05) is 54.8 Å². The summed E-state index contributed by atoms with van der Waals surface area (Å²) in [7, 11) is 1.62. The highest BCUT2D eigenvalue weighted by molar-refractivity contribution is 7.10.